The van der Waals surface area contributed by atoms with Crippen LogP contribution < -0.4 is 0 Å². The molecule has 2 unspecified atom stereocenters. The maximum Gasteiger partial charge on any atom is 0.244 e. The van der Waals surface area contributed by atoms with E-state index in [1.165, 1.54) is 22.5 Å². The number of hydrogen-bond acceptors (Lipinski definition) is 4. The molecule has 0 aromatic heterocycles. The zero-order chi connectivity index (χ0) is 14.9. The first-order valence-electron chi connectivity index (χ1n) is 6.20. The summed E-state index contributed by atoms with van der Waals surface area (Å²) in [5, 5.41) is 9.01. The van der Waals surface area contributed by atoms with Gasteiger partial charge in [0.1, 0.15) is 4.90 Å². The molecule has 5 nitrogen and oxygen atoms in total. The minimum atomic E-state index is -3.72. The molecule has 1 aromatic rings. The summed E-state index contributed by atoms with van der Waals surface area (Å²) in [5.74, 6) is 0. The van der Waals surface area contributed by atoms with Crippen LogP contribution in [0.2, 0.25) is 5.02 Å². The summed E-state index contributed by atoms with van der Waals surface area (Å²) in [4.78, 5) is -0.0282. The molecular formula is C13H15ClN2O3S. The Hall–Kier alpha value is -1.13. The normalized spacial score (nSPS) is 24.3. The van der Waals surface area contributed by atoms with Gasteiger partial charge in [0, 0.05) is 13.1 Å². The van der Waals surface area contributed by atoms with E-state index in [2.05, 4.69) is 0 Å². The van der Waals surface area contributed by atoms with Gasteiger partial charge in [-0.05, 0) is 32.0 Å². The Morgan fingerprint density at radius 2 is 1.95 bits per heavy atom. The second kappa shape index (κ2) is 5.70. The number of morpholine rings is 1. The van der Waals surface area contributed by atoms with Crippen molar-refractivity contribution in [3.05, 3.63) is 28.8 Å². The summed E-state index contributed by atoms with van der Waals surface area (Å²) in [7, 11) is -3.72. The number of ether oxygens (including phenoxy) is 1. The van der Waals surface area contributed by atoms with E-state index in [0.29, 0.717) is 0 Å². The molecule has 0 bridgehead atoms. The summed E-state index contributed by atoms with van der Waals surface area (Å²) < 4.78 is 32.2. The van der Waals surface area contributed by atoms with E-state index in [-0.39, 0.29) is 40.8 Å². The van der Waals surface area contributed by atoms with Crippen molar-refractivity contribution in [1.29, 1.82) is 5.26 Å². The van der Waals surface area contributed by atoms with E-state index in [9.17, 15) is 8.42 Å². The van der Waals surface area contributed by atoms with E-state index in [1.807, 2.05) is 19.9 Å². The van der Waals surface area contributed by atoms with Crippen LogP contribution >= 0.6 is 11.6 Å². The largest absolute Gasteiger partial charge is 0.373 e. The van der Waals surface area contributed by atoms with E-state index in [0.717, 1.165) is 0 Å². The van der Waals surface area contributed by atoms with E-state index in [4.69, 9.17) is 21.6 Å². The van der Waals surface area contributed by atoms with Crippen molar-refractivity contribution in [1.82, 2.24) is 4.31 Å². The summed E-state index contributed by atoms with van der Waals surface area (Å²) in [6.07, 6.45) is -0.349. The predicted octanol–water partition coefficient (Wildman–Crippen LogP) is 2.01. The zero-order valence-electron chi connectivity index (χ0n) is 11.2. The Labute approximate surface area is 123 Å². The number of nitrogens with zero attached hydrogens (tertiary/aromatic N) is 2. The van der Waals surface area contributed by atoms with Crippen molar-refractivity contribution < 1.29 is 13.2 Å². The van der Waals surface area contributed by atoms with Crippen molar-refractivity contribution in [3.63, 3.8) is 0 Å². The molecule has 0 amide bonds. The Morgan fingerprint density at radius 1 is 1.35 bits per heavy atom. The average molecular weight is 315 g/mol. The van der Waals surface area contributed by atoms with Gasteiger partial charge >= 0.3 is 0 Å². The van der Waals surface area contributed by atoms with Crippen molar-refractivity contribution in [3.8, 4) is 6.07 Å². The van der Waals surface area contributed by atoms with Crippen molar-refractivity contribution in [2.24, 2.45) is 0 Å². The average Bonchev–Trinajstić information content (AvgIpc) is 2.38. The fourth-order valence-electron chi connectivity index (χ4n) is 2.24. The number of hydrogen-bond donors (Lipinski definition) is 0. The van der Waals surface area contributed by atoms with E-state index >= 15 is 0 Å². The quantitative estimate of drug-likeness (QED) is 0.837. The molecule has 1 aromatic carbocycles. The van der Waals surface area contributed by atoms with Crippen LogP contribution in [-0.4, -0.2) is 38.0 Å². The van der Waals surface area contributed by atoms with Gasteiger partial charge in [-0.25, -0.2) is 8.42 Å². The van der Waals surface area contributed by atoms with Gasteiger partial charge in [-0.1, -0.05) is 11.6 Å². The first-order valence-corrected chi connectivity index (χ1v) is 8.01. The highest BCUT2D eigenvalue weighted by Crippen LogP contribution is 2.27. The minimum Gasteiger partial charge on any atom is -0.373 e. The number of sulfonamides is 1. The molecule has 0 radical (unpaired) electrons. The SMILES string of the molecule is CC1CN(S(=O)(=O)c2cc(C#N)ccc2Cl)CC(C)O1. The number of rotatable bonds is 2. The van der Waals surface area contributed by atoms with Crippen molar-refractivity contribution in [2.45, 2.75) is 31.0 Å². The number of benzene rings is 1. The maximum atomic E-state index is 12.6. The highest BCUT2D eigenvalue weighted by atomic mass is 35.5. The molecule has 7 heteroatoms. The fourth-order valence-corrected chi connectivity index (χ4v) is 4.33. The molecule has 2 rings (SSSR count). The molecule has 0 N–H and O–H groups in total. The summed E-state index contributed by atoms with van der Waals surface area (Å²) in [6.45, 7) is 4.20. The van der Waals surface area contributed by atoms with Crippen LogP contribution in [0.1, 0.15) is 19.4 Å². The first-order chi connectivity index (χ1) is 9.34. The van der Waals surface area contributed by atoms with Gasteiger partial charge in [0.05, 0.1) is 28.9 Å². The Morgan fingerprint density at radius 3 is 2.50 bits per heavy atom. The molecule has 108 valence electrons. The molecule has 1 fully saturated rings. The van der Waals surface area contributed by atoms with Gasteiger partial charge in [-0.2, -0.15) is 9.57 Å². The highest BCUT2D eigenvalue weighted by Gasteiger charge is 2.33. The minimum absolute atomic E-state index is 0.0282. The van der Waals surface area contributed by atoms with Crippen LogP contribution in [0.3, 0.4) is 0 Å². The van der Waals surface area contributed by atoms with Gasteiger partial charge in [0.2, 0.25) is 10.0 Å². The highest BCUT2D eigenvalue weighted by molar-refractivity contribution is 7.89. The van der Waals surface area contributed by atoms with Gasteiger partial charge in [-0.15, -0.1) is 0 Å². The monoisotopic (exact) mass is 314 g/mol. The fraction of sp³-hybridized carbons (Fsp3) is 0.462. The zero-order valence-corrected chi connectivity index (χ0v) is 12.8. The summed E-state index contributed by atoms with van der Waals surface area (Å²) in [6, 6.07) is 6.15. The molecule has 0 saturated carbocycles. The standard InChI is InChI=1S/C13H15ClN2O3S/c1-9-7-16(8-10(2)19-9)20(17,18)13-5-11(6-15)3-4-12(13)14/h3-5,9-10H,7-8H2,1-2H3. The second-order valence-corrected chi connectivity index (χ2v) is 7.15. The lowest BCUT2D eigenvalue weighted by Crippen LogP contribution is -2.48. The lowest BCUT2D eigenvalue weighted by Gasteiger charge is -2.34. The molecule has 1 saturated heterocycles. The lowest BCUT2D eigenvalue weighted by molar-refractivity contribution is -0.0440. The van der Waals surface area contributed by atoms with E-state index in [1.54, 1.807) is 0 Å². The molecular weight excluding hydrogens is 300 g/mol. The number of nitriles is 1. The van der Waals surface area contributed by atoms with E-state index < -0.39 is 10.0 Å². The third-order valence-electron chi connectivity index (χ3n) is 3.06. The topological polar surface area (TPSA) is 70.4 Å². The van der Waals surface area contributed by atoms with Crippen molar-refractivity contribution in [2.75, 3.05) is 13.1 Å². The Balaban J connectivity index is 2.42. The number of halogens is 1. The van der Waals surface area contributed by atoms with Crippen LogP contribution in [0.4, 0.5) is 0 Å². The first kappa shape index (κ1) is 15.3. The summed E-state index contributed by atoms with van der Waals surface area (Å²) in [5.41, 5.74) is 0.266. The van der Waals surface area contributed by atoms with Gasteiger partial charge < -0.3 is 4.74 Å². The van der Waals surface area contributed by atoms with Gasteiger partial charge in [0.25, 0.3) is 0 Å². The third-order valence-corrected chi connectivity index (χ3v) is 5.38. The Kier molecular flexibility index (Phi) is 4.35. The van der Waals surface area contributed by atoms with Crippen LogP contribution in [-0.2, 0) is 14.8 Å². The summed E-state index contributed by atoms with van der Waals surface area (Å²) >= 11 is 5.98. The molecule has 0 spiro atoms. The van der Waals surface area contributed by atoms with Gasteiger partial charge in [0.15, 0.2) is 0 Å². The Bertz CT molecular complexity index is 644. The molecule has 0 aliphatic carbocycles. The predicted molar refractivity (Wildman–Crippen MR) is 74.9 cm³/mol. The second-order valence-electron chi connectivity index (χ2n) is 4.84. The lowest BCUT2D eigenvalue weighted by atomic mass is 10.2. The molecule has 1 aliphatic rings. The van der Waals surface area contributed by atoms with Crippen LogP contribution in [0.5, 0.6) is 0 Å². The maximum absolute atomic E-state index is 12.6. The van der Waals surface area contributed by atoms with Crippen LogP contribution in [0.15, 0.2) is 23.1 Å². The smallest absolute Gasteiger partial charge is 0.244 e. The molecule has 20 heavy (non-hydrogen) atoms. The van der Waals surface area contributed by atoms with Crippen molar-refractivity contribution >= 4 is 21.6 Å². The third kappa shape index (κ3) is 2.96. The van der Waals surface area contributed by atoms with Crippen LogP contribution in [0, 0.1) is 11.3 Å². The van der Waals surface area contributed by atoms with Gasteiger partial charge in [-0.3, -0.25) is 0 Å². The van der Waals surface area contributed by atoms with Crippen LogP contribution in [0.25, 0.3) is 0 Å². The molecule has 1 heterocycles. The molecule has 1 aliphatic heterocycles. The molecule has 2 atom stereocenters.